The molecular weight excluding hydrogens is 284 g/mol. The Morgan fingerprint density at radius 2 is 1.62 bits per heavy atom. The fourth-order valence-electron chi connectivity index (χ4n) is 2.47. The maximum absolute atomic E-state index is 11.4. The molecule has 6 atom stereocenters. The van der Waals surface area contributed by atoms with Crippen molar-refractivity contribution in [2.24, 2.45) is 5.73 Å². The summed E-state index contributed by atoms with van der Waals surface area (Å²) in [6, 6.07) is 2.54. The lowest BCUT2D eigenvalue weighted by atomic mass is 9.72. The summed E-state index contributed by atoms with van der Waals surface area (Å²) >= 11 is 0. The number of nitrogens with two attached hydrogens (primary N) is 1. The molecule has 0 spiro atoms. The van der Waals surface area contributed by atoms with Gasteiger partial charge in [-0.3, -0.25) is 9.78 Å². The number of rotatable bonds is 2. The molecule has 1 aliphatic carbocycles. The predicted octanol–water partition coefficient (Wildman–Crippen LogP) is -3.81. The van der Waals surface area contributed by atoms with Crippen LogP contribution in [0, 0.1) is 0 Å². The zero-order chi connectivity index (χ0) is 15.9. The Balaban J connectivity index is 2.62. The van der Waals surface area contributed by atoms with Crippen LogP contribution in [0.5, 0.6) is 0 Å². The smallest absolute Gasteiger partial charge is 0.250 e. The predicted molar refractivity (Wildman–Crippen MR) is 66.7 cm³/mol. The van der Waals surface area contributed by atoms with Gasteiger partial charge in [0.1, 0.15) is 30.5 Å². The molecule has 8 N–H and O–H groups in total. The zero-order valence-electron chi connectivity index (χ0n) is 10.7. The molecule has 0 aromatic carbocycles. The molecular formula is C12H16N2O7. The number of aliphatic hydroxyl groups excluding tert-OH is 5. The Bertz CT molecular complexity index is 536. The maximum Gasteiger partial charge on any atom is 0.250 e. The lowest BCUT2D eigenvalue weighted by Gasteiger charge is -2.47. The van der Waals surface area contributed by atoms with Crippen LogP contribution in [-0.4, -0.2) is 72.1 Å². The highest BCUT2D eigenvalue weighted by Crippen LogP contribution is 2.38. The molecule has 21 heavy (non-hydrogen) atoms. The Morgan fingerprint density at radius 3 is 2.10 bits per heavy atom. The maximum atomic E-state index is 11.4. The molecule has 0 saturated heterocycles. The quantitative estimate of drug-likeness (QED) is 0.290. The van der Waals surface area contributed by atoms with Gasteiger partial charge in [-0.05, 0) is 12.1 Å². The number of amides is 1. The summed E-state index contributed by atoms with van der Waals surface area (Å²) in [5, 5.41) is 59.4. The summed E-state index contributed by atoms with van der Waals surface area (Å²) in [7, 11) is 0. The molecule has 0 radical (unpaired) electrons. The van der Waals surface area contributed by atoms with Crippen LogP contribution in [0.4, 0.5) is 0 Å². The second-order valence-corrected chi connectivity index (χ2v) is 4.95. The van der Waals surface area contributed by atoms with E-state index in [1.165, 1.54) is 18.3 Å². The third kappa shape index (κ3) is 2.20. The number of carbonyl (C=O) groups excluding carboxylic acids is 1. The molecule has 9 heteroatoms. The lowest BCUT2D eigenvalue weighted by molar-refractivity contribution is -0.274. The summed E-state index contributed by atoms with van der Waals surface area (Å²) in [5.74, 6) is -0.985. The second kappa shape index (κ2) is 5.30. The van der Waals surface area contributed by atoms with E-state index >= 15 is 0 Å². The summed E-state index contributed by atoms with van der Waals surface area (Å²) in [6.45, 7) is 0. The highest BCUT2D eigenvalue weighted by Gasteiger charge is 2.60. The largest absolute Gasteiger partial charge is 0.387 e. The van der Waals surface area contributed by atoms with Crippen molar-refractivity contribution in [1.29, 1.82) is 0 Å². The number of hydrogen-bond acceptors (Lipinski definition) is 8. The molecule has 1 aliphatic rings. The van der Waals surface area contributed by atoms with Crippen molar-refractivity contribution in [3.63, 3.8) is 0 Å². The van der Waals surface area contributed by atoms with E-state index in [0.29, 0.717) is 0 Å². The van der Waals surface area contributed by atoms with Gasteiger partial charge in [0.15, 0.2) is 5.60 Å². The first-order valence-corrected chi connectivity index (χ1v) is 6.11. The molecule has 1 amide bonds. The van der Waals surface area contributed by atoms with Crippen LogP contribution in [-0.2, 0) is 5.60 Å². The van der Waals surface area contributed by atoms with E-state index in [9.17, 15) is 35.4 Å². The number of hydrogen-bond donors (Lipinski definition) is 7. The Hall–Kier alpha value is -1.62. The van der Waals surface area contributed by atoms with Crippen LogP contribution in [0.1, 0.15) is 16.1 Å². The lowest BCUT2D eigenvalue weighted by Crippen LogP contribution is -2.69. The van der Waals surface area contributed by atoms with Crippen molar-refractivity contribution >= 4 is 5.91 Å². The molecule has 0 bridgehead atoms. The van der Waals surface area contributed by atoms with Crippen LogP contribution in [0.25, 0.3) is 0 Å². The van der Waals surface area contributed by atoms with Crippen molar-refractivity contribution in [2.45, 2.75) is 36.1 Å². The van der Waals surface area contributed by atoms with Gasteiger partial charge >= 0.3 is 0 Å². The van der Waals surface area contributed by atoms with Gasteiger partial charge in [0.25, 0.3) is 5.91 Å². The molecule has 2 unspecified atom stereocenters. The van der Waals surface area contributed by atoms with E-state index in [1.54, 1.807) is 0 Å². The molecule has 1 fully saturated rings. The molecule has 9 nitrogen and oxygen atoms in total. The molecule has 2 rings (SSSR count). The van der Waals surface area contributed by atoms with Gasteiger partial charge in [-0.1, -0.05) is 0 Å². The van der Waals surface area contributed by atoms with Gasteiger partial charge in [-0.2, -0.15) is 0 Å². The number of carbonyl (C=O) groups is 1. The topological polar surface area (TPSA) is 177 Å². The van der Waals surface area contributed by atoms with Crippen LogP contribution >= 0.6 is 0 Å². The van der Waals surface area contributed by atoms with Gasteiger partial charge in [-0.15, -0.1) is 0 Å². The van der Waals surface area contributed by atoms with E-state index < -0.39 is 47.7 Å². The number of aliphatic hydroxyl groups is 6. The van der Waals surface area contributed by atoms with Crippen molar-refractivity contribution in [1.82, 2.24) is 4.98 Å². The van der Waals surface area contributed by atoms with Gasteiger partial charge in [-0.25, -0.2) is 0 Å². The van der Waals surface area contributed by atoms with E-state index in [2.05, 4.69) is 4.98 Å². The number of nitrogens with zero attached hydrogens (tertiary/aromatic N) is 1. The first kappa shape index (κ1) is 15.8. The highest BCUT2D eigenvalue weighted by atomic mass is 16.4. The fourth-order valence-corrected chi connectivity index (χ4v) is 2.47. The minimum atomic E-state index is -2.68. The van der Waals surface area contributed by atoms with Crippen LogP contribution < -0.4 is 5.73 Å². The first-order valence-electron chi connectivity index (χ1n) is 6.11. The average Bonchev–Trinajstić information content (AvgIpc) is 2.49. The highest BCUT2D eigenvalue weighted by molar-refractivity contribution is 5.94. The molecule has 116 valence electrons. The number of pyridine rings is 1. The standard InChI is InChI=1S/C12H16N2O7/c13-11(20)4-2-1-3-14-8(4)12(21)9(18)6(16)5(15)7(17)10(12)19/h1-3,5-7,9-10,15-19,21H,(H2,13,20)/t5?,6-,7+,9-,10-,12?/m1/s1. The Morgan fingerprint density at radius 1 is 1.10 bits per heavy atom. The van der Waals surface area contributed by atoms with Gasteiger partial charge in [0.2, 0.25) is 0 Å². The second-order valence-electron chi connectivity index (χ2n) is 4.95. The summed E-state index contributed by atoms with van der Waals surface area (Å²) < 4.78 is 0. The average molecular weight is 300 g/mol. The van der Waals surface area contributed by atoms with E-state index in [1.807, 2.05) is 0 Å². The van der Waals surface area contributed by atoms with Crippen LogP contribution in [0.2, 0.25) is 0 Å². The van der Waals surface area contributed by atoms with E-state index in [4.69, 9.17) is 5.73 Å². The zero-order valence-corrected chi connectivity index (χ0v) is 10.7. The molecule has 1 saturated carbocycles. The normalized spacial score (nSPS) is 40.0. The van der Waals surface area contributed by atoms with Gasteiger partial charge < -0.3 is 36.4 Å². The fraction of sp³-hybridized carbons (Fsp3) is 0.500. The summed E-state index contributed by atoms with van der Waals surface area (Å²) in [6.07, 6.45) is -8.83. The molecule has 1 aromatic rings. The Kier molecular flexibility index (Phi) is 3.97. The van der Waals surface area contributed by atoms with E-state index in [-0.39, 0.29) is 5.56 Å². The van der Waals surface area contributed by atoms with Crippen molar-refractivity contribution < 1.29 is 35.4 Å². The van der Waals surface area contributed by atoms with Gasteiger partial charge in [0, 0.05) is 6.20 Å². The minimum absolute atomic E-state index is 0.297. The minimum Gasteiger partial charge on any atom is -0.387 e. The van der Waals surface area contributed by atoms with Crippen molar-refractivity contribution in [3.8, 4) is 0 Å². The summed E-state index contributed by atoms with van der Waals surface area (Å²) in [4.78, 5) is 15.1. The summed E-state index contributed by atoms with van der Waals surface area (Å²) in [5.41, 5.74) is 1.67. The monoisotopic (exact) mass is 300 g/mol. The first-order chi connectivity index (χ1) is 9.72. The van der Waals surface area contributed by atoms with Gasteiger partial charge in [0.05, 0.1) is 11.3 Å². The van der Waals surface area contributed by atoms with Crippen molar-refractivity contribution in [2.75, 3.05) is 0 Å². The third-order valence-corrected chi connectivity index (χ3v) is 3.70. The van der Waals surface area contributed by atoms with Crippen LogP contribution in [0.15, 0.2) is 18.3 Å². The number of primary amides is 1. The van der Waals surface area contributed by atoms with Crippen LogP contribution in [0.3, 0.4) is 0 Å². The SMILES string of the molecule is NC(=O)c1cccnc1C1(O)[C@H](O)[C@H](O)C(O)[C@H](O)[C@H]1O. The molecule has 1 aromatic heterocycles. The van der Waals surface area contributed by atoms with Crippen molar-refractivity contribution in [3.05, 3.63) is 29.6 Å². The third-order valence-electron chi connectivity index (χ3n) is 3.70. The van der Waals surface area contributed by atoms with E-state index in [0.717, 1.165) is 0 Å². The number of aromatic nitrogens is 1. The molecule has 0 aliphatic heterocycles. The molecule has 1 heterocycles. The Labute approximate surface area is 118 Å².